The Balaban J connectivity index is 1.65. The molecule has 177 valence electrons. The molecule has 3 radical (unpaired) electrons. The van der Waals surface area contributed by atoms with E-state index in [0.717, 1.165) is 13.1 Å². The van der Waals surface area contributed by atoms with Crippen molar-refractivity contribution in [2.24, 2.45) is 0 Å². The van der Waals surface area contributed by atoms with Crippen molar-refractivity contribution in [2.45, 2.75) is 122 Å². The predicted molar refractivity (Wildman–Crippen MR) is 139 cm³/mol. The normalized spacial score (nSPS) is 11.3. The molecule has 3 heteroatoms. The first-order chi connectivity index (χ1) is 15.4. The van der Waals surface area contributed by atoms with E-state index in [1.165, 1.54) is 134 Å². The van der Waals surface area contributed by atoms with Crippen LogP contribution >= 0.6 is 0 Å². The molecule has 0 atom stereocenters. The molecule has 3 N–H and O–H groups in total. The molecule has 0 saturated carbocycles. The Kier molecular flexibility index (Phi) is 22.0. The zero-order valence-electron chi connectivity index (χ0n) is 20.5. The van der Waals surface area contributed by atoms with Crippen molar-refractivity contribution in [3.8, 4) is 0 Å². The van der Waals surface area contributed by atoms with Crippen LogP contribution in [0.25, 0.3) is 0 Å². The number of benzene rings is 1. The zero-order valence-corrected chi connectivity index (χ0v) is 21.5. The SMILES string of the molecule is [Si]CCCCCCCCCCCCCCCCCCCNCC[NH2+]Cc1ccccc1. The highest BCUT2D eigenvalue weighted by Gasteiger charge is 1.96. The second-order valence-corrected chi connectivity index (χ2v) is 9.78. The number of hydrogen-bond acceptors (Lipinski definition) is 1. The average Bonchev–Trinajstić information content (AvgIpc) is 2.80. The maximum Gasteiger partial charge on any atom is 0.101 e. The van der Waals surface area contributed by atoms with Crippen molar-refractivity contribution in [2.75, 3.05) is 19.6 Å². The highest BCUT2D eigenvalue weighted by Crippen LogP contribution is 2.14. The molecule has 0 aromatic heterocycles. The van der Waals surface area contributed by atoms with Gasteiger partial charge in [0.1, 0.15) is 6.54 Å². The molecule has 2 nitrogen and oxygen atoms in total. The lowest BCUT2D eigenvalue weighted by atomic mass is 10.0. The molecule has 0 aliphatic rings. The first-order valence-electron chi connectivity index (χ1n) is 13.6. The number of nitrogens with one attached hydrogen (secondary N) is 1. The van der Waals surface area contributed by atoms with Gasteiger partial charge in [-0.1, -0.05) is 139 Å². The smallest absolute Gasteiger partial charge is 0.101 e. The molecule has 1 rings (SSSR count). The Labute approximate surface area is 198 Å². The molecule has 1 aromatic carbocycles. The Bertz CT molecular complexity index is 452. The third kappa shape index (κ3) is 21.0. The molecule has 1 aromatic rings. The minimum Gasteiger partial charge on any atom is -0.341 e. The van der Waals surface area contributed by atoms with E-state index in [2.05, 4.69) is 51.2 Å². The van der Waals surface area contributed by atoms with Crippen molar-refractivity contribution in [3.63, 3.8) is 0 Å². The van der Waals surface area contributed by atoms with Gasteiger partial charge in [0.25, 0.3) is 0 Å². The summed E-state index contributed by atoms with van der Waals surface area (Å²) >= 11 is 0. The number of nitrogens with two attached hydrogens (primary N) is 1. The summed E-state index contributed by atoms with van der Waals surface area (Å²) in [5, 5.41) is 5.99. The molecule has 0 bridgehead atoms. The van der Waals surface area contributed by atoms with E-state index in [1.54, 1.807) is 0 Å². The van der Waals surface area contributed by atoms with E-state index in [0.29, 0.717) is 0 Å². The highest BCUT2D eigenvalue weighted by molar-refractivity contribution is 6.08. The van der Waals surface area contributed by atoms with Gasteiger partial charge in [0.15, 0.2) is 0 Å². The summed E-state index contributed by atoms with van der Waals surface area (Å²) in [6.07, 6.45) is 24.5. The zero-order chi connectivity index (χ0) is 22.1. The summed E-state index contributed by atoms with van der Waals surface area (Å²) in [7, 11) is 3.56. The quantitative estimate of drug-likeness (QED) is 0.137. The van der Waals surface area contributed by atoms with E-state index >= 15 is 0 Å². The van der Waals surface area contributed by atoms with Crippen LogP contribution in [-0.4, -0.2) is 29.9 Å². The van der Waals surface area contributed by atoms with Gasteiger partial charge in [0, 0.05) is 22.4 Å². The minimum atomic E-state index is 1.10. The van der Waals surface area contributed by atoms with Crippen molar-refractivity contribution < 1.29 is 5.32 Å². The van der Waals surface area contributed by atoms with Crippen LogP contribution < -0.4 is 10.6 Å². The summed E-state index contributed by atoms with van der Waals surface area (Å²) in [6, 6.07) is 11.9. The number of unbranched alkanes of at least 4 members (excludes halogenated alkanes) is 16. The van der Waals surface area contributed by atoms with Gasteiger partial charge >= 0.3 is 0 Å². The van der Waals surface area contributed by atoms with Crippen molar-refractivity contribution >= 4 is 10.2 Å². The van der Waals surface area contributed by atoms with Gasteiger partial charge in [-0.25, -0.2) is 0 Å². The average molecular weight is 445 g/mol. The molecule has 0 saturated heterocycles. The van der Waals surface area contributed by atoms with Crippen LogP contribution in [0.1, 0.15) is 115 Å². The first-order valence-corrected chi connectivity index (χ1v) is 14.3. The summed E-state index contributed by atoms with van der Waals surface area (Å²) in [5.41, 5.74) is 1.42. The number of quaternary nitrogens is 1. The van der Waals surface area contributed by atoms with Crippen molar-refractivity contribution in [1.29, 1.82) is 0 Å². The topological polar surface area (TPSA) is 28.6 Å². The summed E-state index contributed by atoms with van der Waals surface area (Å²) < 4.78 is 0. The van der Waals surface area contributed by atoms with Gasteiger partial charge < -0.3 is 10.6 Å². The molecule has 0 fully saturated rings. The standard InChI is InChI=1S/C28H51N2Si/c31-26-20-15-13-11-9-7-5-3-1-2-4-6-8-10-12-14-19-23-29-24-25-30-27-28-21-17-16-18-22-28/h16-18,21-22,29-30H,1-15,19-20,23-27H2/p+1. The third-order valence-corrected chi connectivity index (χ3v) is 6.63. The second-order valence-electron chi connectivity index (χ2n) is 9.28. The van der Waals surface area contributed by atoms with Crippen LogP contribution in [0.2, 0.25) is 6.04 Å². The first kappa shape index (κ1) is 28.4. The lowest BCUT2D eigenvalue weighted by molar-refractivity contribution is -0.668. The summed E-state index contributed by atoms with van der Waals surface area (Å²) in [4.78, 5) is 0. The molecule has 0 amide bonds. The summed E-state index contributed by atoms with van der Waals surface area (Å²) in [6.45, 7) is 4.59. The fraction of sp³-hybridized carbons (Fsp3) is 0.786. The number of hydrogen-bond donors (Lipinski definition) is 2. The van der Waals surface area contributed by atoms with Crippen LogP contribution in [0.15, 0.2) is 30.3 Å². The van der Waals surface area contributed by atoms with Crippen LogP contribution in [0.4, 0.5) is 0 Å². The molecular weight excluding hydrogens is 392 g/mol. The third-order valence-electron chi connectivity index (χ3n) is 6.28. The van der Waals surface area contributed by atoms with Gasteiger partial charge in [-0.3, -0.25) is 0 Å². The van der Waals surface area contributed by atoms with E-state index in [9.17, 15) is 0 Å². The van der Waals surface area contributed by atoms with E-state index < -0.39 is 0 Å². The highest BCUT2D eigenvalue weighted by atomic mass is 28.1. The number of rotatable bonds is 24. The van der Waals surface area contributed by atoms with Crippen molar-refractivity contribution in [3.05, 3.63) is 35.9 Å². The molecule has 0 unspecified atom stereocenters. The van der Waals surface area contributed by atoms with Gasteiger partial charge in [-0.05, 0) is 13.0 Å². The summed E-state index contributed by atoms with van der Waals surface area (Å²) in [5.74, 6) is 0. The monoisotopic (exact) mass is 444 g/mol. The Morgan fingerprint density at radius 2 is 1.00 bits per heavy atom. The van der Waals surface area contributed by atoms with E-state index in [-0.39, 0.29) is 0 Å². The van der Waals surface area contributed by atoms with Crippen LogP contribution in [0.3, 0.4) is 0 Å². The van der Waals surface area contributed by atoms with E-state index in [1.807, 2.05) is 0 Å². The van der Waals surface area contributed by atoms with Crippen LogP contribution in [-0.2, 0) is 6.54 Å². The van der Waals surface area contributed by atoms with Gasteiger partial charge in [0.05, 0.1) is 6.54 Å². The molecule has 0 heterocycles. The fourth-order valence-electron chi connectivity index (χ4n) is 4.24. The lowest BCUT2D eigenvalue weighted by Crippen LogP contribution is -2.84. The maximum atomic E-state index is 3.59. The Morgan fingerprint density at radius 3 is 1.48 bits per heavy atom. The lowest BCUT2D eigenvalue weighted by Gasteiger charge is -2.05. The molecule has 31 heavy (non-hydrogen) atoms. The Morgan fingerprint density at radius 1 is 0.548 bits per heavy atom. The maximum absolute atomic E-state index is 3.59. The van der Waals surface area contributed by atoms with E-state index in [4.69, 9.17) is 0 Å². The Hall–Kier alpha value is -0.643. The van der Waals surface area contributed by atoms with Gasteiger partial charge in [-0.15, -0.1) is 0 Å². The predicted octanol–water partition coefficient (Wildman–Crippen LogP) is 6.56. The molecule has 0 aliphatic carbocycles. The second kappa shape index (κ2) is 24.0. The van der Waals surface area contributed by atoms with Gasteiger partial charge in [0.2, 0.25) is 0 Å². The van der Waals surface area contributed by atoms with Gasteiger partial charge in [-0.2, -0.15) is 0 Å². The molecule has 0 spiro atoms. The minimum absolute atomic E-state index is 1.10. The van der Waals surface area contributed by atoms with Crippen LogP contribution in [0.5, 0.6) is 0 Å². The largest absolute Gasteiger partial charge is 0.341 e. The van der Waals surface area contributed by atoms with Crippen molar-refractivity contribution in [1.82, 2.24) is 5.32 Å². The molecule has 0 aliphatic heterocycles. The van der Waals surface area contributed by atoms with Crippen LogP contribution in [0, 0.1) is 0 Å². The molecular formula is C28H52N2Si+. The fourth-order valence-corrected chi connectivity index (χ4v) is 4.49.